The van der Waals surface area contributed by atoms with E-state index in [0.717, 1.165) is 30.6 Å². The van der Waals surface area contributed by atoms with E-state index in [0.29, 0.717) is 12.2 Å². The average molecular weight is 360 g/mol. The largest absolute Gasteiger partial charge is 0.347 e. The molecule has 4 rings (SSSR count). The van der Waals surface area contributed by atoms with Gasteiger partial charge in [0.15, 0.2) is 0 Å². The number of carbonyl (C=O) groups excluding carboxylic acids is 1. The van der Waals surface area contributed by atoms with Gasteiger partial charge in [-0.2, -0.15) is 5.10 Å². The molecule has 1 aromatic heterocycles. The summed E-state index contributed by atoms with van der Waals surface area (Å²) in [6.07, 6.45) is 2.05. The number of hydrogen-bond donors (Lipinski definition) is 2. The van der Waals surface area contributed by atoms with Crippen molar-refractivity contribution in [2.24, 2.45) is 0 Å². The molecule has 1 aliphatic rings. The van der Waals surface area contributed by atoms with Crippen LogP contribution >= 0.6 is 0 Å². The lowest BCUT2D eigenvalue weighted by Crippen LogP contribution is -2.45. The number of fused-ring (bicyclic) bond motifs is 1. The first-order valence-electron chi connectivity index (χ1n) is 9.43. The molecule has 138 valence electrons. The predicted molar refractivity (Wildman–Crippen MR) is 107 cm³/mol. The maximum absolute atomic E-state index is 12.2. The number of rotatable bonds is 6. The fraction of sp³-hybridized carbons (Fsp3) is 0.273. The second kappa shape index (κ2) is 7.76. The van der Waals surface area contributed by atoms with Crippen molar-refractivity contribution in [2.75, 3.05) is 13.1 Å². The van der Waals surface area contributed by atoms with Crippen molar-refractivity contribution in [3.05, 3.63) is 77.5 Å². The average Bonchev–Trinajstić information content (AvgIpc) is 3.15. The van der Waals surface area contributed by atoms with Gasteiger partial charge in [-0.3, -0.25) is 10.1 Å². The van der Waals surface area contributed by atoms with E-state index in [9.17, 15) is 4.79 Å². The van der Waals surface area contributed by atoms with Gasteiger partial charge in [0.05, 0.1) is 12.2 Å². The first-order valence-corrected chi connectivity index (χ1v) is 9.43. The molecule has 1 amide bonds. The summed E-state index contributed by atoms with van der Waals surface area (Å²) in [7, 11) is 0. The summed E-state index contributed by atoms with van der Waals surface area (Å²) in [4.78, 5) is 12.2. The van der Waals surface area contributed by atoms with Gasteiger partial charge in [-0.25, -0.2) is 4.68 Å². The van der Waals surface area contributed by atoms with E-state index in [1.165, 1.54) is 11.1 Å². The number of aryl methyl sites for hydroxylation is 2. The summed E-state index contributed by atoms with van der Waals surface area (Å²) < 4.78 is 1.83. The second-order valence-electron chi connectivity index (χ2n) is 6.99. The summed E-state index contributed by atoms with van der Waals surface area (Å²) >= 11 is 0. The van der Waals surface area contributed by atoms with Crippen LogP contribution < -0.4 is 10.6 Å². The van der Waals surface area contributed by atoms with Crippen molar-refractivity contribution in [3.8, 4) is 11.3 Å². The number of aromatic nitrogens is 2. The Morgan fingerprint density at radius 1 is 1.15 bits per heavy atom. The van der Waals surface area contributed by atoms with E-state index >= 15 is 0 Å². The van der Waals surface area contributed by atoms with E-state index in [1.807, 2.05) is 28.9 Å². The monoisotopic (exact) mass is 360 g/mol. The molecule has 2 N–H and O–H groups in total. The molecule has 0 aliphatic carbocycles. The Balaban J connectivity index is 1.44. The maximum Gasteiger partial charge on any atom is 0.269 e. The van der Waals surface area contributed by atoms with Gasteiger partial charge in [0.2, 0.25) is 0 Å². The Labute approximate surface area is 159 Å². The minimum Gasteiger partial charge on any atom is -0.347 e. The van der Waals surface area contributed by atoms with Crippen LogP contribution in [0.4, 0.5) is 0 Å². The molecule has 0 unspecified atom stereocenters. The van der Waals surface area contributed by atoms with Crippen LogP contribution in [0.5, 0.6) is 0 Å². The van der Waals surface area contributed by atoms with Crippen molar-refractivity contribution < 1.29 is 4.79 Å². The van der Waals surface area contributed by atoms with Crippen molar-refractivity contribution in [3.63, 3.8) is 0 Å². The third-order valence-corrected chi connectivity index (χ3v) is 4.93. The molecule has 5 nitrogen and oxygen atoms in total. The topological polar surface area (TPSA) is 59.0 Å². The van der Waals surface area contributed by atoms with Crippen molar-refractivity contribution in [1.82, 2.24) is 20.4 Å². The number of amides is 1. The Morgan fingerprint density at radius 2 is 1.93 bits per heavy atom. The first kappa shape index (κ1) is 17.5. The Bertz CT molecular complexity index is 915. The molecule has 2 heterocycles. The molecule has 1 aliphatic heterocycles. The Morgan fingerprint density at radius 3 is 2.70 bits per heavy atom. The molecule has 0 fully saturated rings. The van der Waals surface area contributed by atoms with Crippen LogP contribution in [-0.4, -0.2) is 28.8 Å². The number of nitrogens with one attached hydrogen (secondary N) is 2. The van der Waals surface area contributed by atoms with Crippen LogP contribution in [0.25, 0.3) is 11.3 Å². The summed E-state index contributed by atoms with van der Waals surface area (Å²) in [6, 6.07) is 20.6. The minimum absolute atomic E-state index is 0.0207. The minimum atomic E-state index is -0.0665. The second-order valence-corrected chi connectivity index (χ2v) is 6.99. The highest BCUT2D eigenvalue weighted by atomic mass is 16.2. The fourth-order valence-corrected chi connectivity index (χ4v) is 3.40. The van der Waals surface area contributed by atoms with Gasteiger partial charge in [0.25, 0.3) is 5.91 Å². The van der Waals surface area contributed by atoms with Crippen molar-refractivity contribution >= 4 is 5.91 Å². The third-order valence-electron chi connectivity index (χ3n) is 4.93. The van der Waals surface area contributed by atoms with E-state index in [-0.39, 0.29) is 12.1 Å². The molecular formula is C22H24N4O. The molecule has 0 saturated heterocycles. The van der Waals surface area contributed by atoms with Gasteiger partial charge in [0.1, 0.15) is 11.9 Å². The smallest absolute Gasteiger partial charge is 0.269 e. The molecule has 2 aromatic carbocycles. The predicted octanol–water partition coefficient (Wildman–Crippen LogP) is 3.32. The highest BCUT2D eigenvalue weighted by Crippen LogP contribution is 2.23. The maximum atomic E-state index is 12.2. The van der Waals surface area contributed by atoms with Gasteiger partial charge in [-0.05, 0) is 37.9 Å². The Kier molecular flexibility index (Phi) is 5.03. The van der Waals surface area contributed by atoms with Gasteiger partial charge in [-0.15, -0.1) is 0 Å². The van der Waals surface area contributed by atoms with Crippen LogP contribution in [0.15, 0.2) is 60.7 Å². The molecule has 0 radical (unpaired) electrons. The standard InChI is InChI=1S/C22H24N4O/c1-16-9-11-18(12-10-16)19-14-20-22(27)24-15-21(26(20)25-19)23-13-5-8-17-6-3-2-4-7-17/h2-4,6-7,9-12,14,21,23H,5,8,13,15H2,1H3,(H,24,27)/t21-/m0/s1. The van der Waals surface area contributed by atoms with Gasteiger partial charge >= 0.3 is 0 Å². The van der Waals surface area contributed by atoms with E-state index in [4.69, 9.17) is 5.10 Å². The lowest BCUT2D eigenvalue weighted by atomic mass is 10.1. The molecular weight excluding hydrogens is 336 g/mol. The molecule has 0 saturated carbocycles. The quantitative estimate of drug-likeness (QED) is 0.663. The van der Waals surface area contributed by atoms with Crippen LogP contribution in [-0.2, 0) is 6.42 Å². The zero-order valence-electron chi connectivity index (χ0n) is 15.5. The summed E-state index contributed by atoms with van der Waals surface area (Å²) in [5.41, 5.74) is 5.02. The van der Waals surface area contributed by atoms with Crippen LogP contribution in [0.1, 0.15) is 34.2 Å². The molecule has 1 atom stereocenters. The molecule has 5 heteroatoms. The Hall–Kier alpha value is -2.92. The first-order chi connectivity index (χ1) is 13.2. The number of hydrogen-bond acceptors (Lipinski definition) is 3. The van der Waals surface area contributed by atoms with Gasteiger partial charge in [-0.1, -0.05) is 60.2 Å². The van der Waals surface area contributed by atoms with E-state index in [1.54, 1.807) is 0 Å². The number of carbonyl (C=O) groups is 1. The SMILES string of the molecule is Cc1ccc(-c2cc3n(n2)[C@H](NCCCc2ccccc2)CNC3=O)cc1. The zero-order valence-corrected chi connectivity index (χ0v) is 15.5. The van der Waals surface area contributed by atoms with Crippen LogP contribution in [0.3, 0.4) is 0 Å². The summed E-state index contributed by atoms with van der Waals surface area (Å²) in [5, 5.41) is 11.2. The molecule has 3 aromatic rings. The van der Waals surface area contributed by atoms with Crippen molar-refractivity contribution in [2.45, 2.75) is 25.9 Å². The fourth-order valence-electron chi connectivity index (χ4n) is 3.40. The van der Waals surface area contributed by atoms with Gasteiger partial charge in [0, 0.05) is 5.56 Å². The summed E-state index contributed by atoms with van der Waals surface area (Å²) in [6.45, 7) is 3.48. The highest BCUT2D eigenvalue weighted by Gasteiger charge is 2.26. The van der Waals surface area contributed by atoms with Gasteiger partial charge < -0.3 is 5.32 Å². The van der Waals surface area contributed by atoms with Crippen LogP contribution in [0.2, 0.25) is 0 Å². The summed E-state index contributed by atoms with van der Waals surface area (Å²) in [5.74, 6) is -0.0665. The van der Waals surface area contributed by atoms with E-state index < -0.39 is 0 Å². The number of nitrogens with zero attached hydrogens (tertiary/aromatic N) is 2. The normalized spacial score (nSPS) is 16.0. The lowest BCUT2D eigenvalue weighted by Gasteiger charge is -2.25. The highest BCUT2D eigenvalue weighted by molar-refractivity contribution is 5.94. The third kappa shape index (κ3) is 3.93. The molecule has 0 bridgehead atoms. The number of benzene rings is 2. The van der Waals surface area contributed by atoms with Crippen LogP contribution in [0, 0.1) is 6.92 Å². The zero-order chi connectivity index (χ0) is 18.6. The molecule has 0 spiro atoms. The lowest BCUT2D eigenvalue weighted by molar-refractivity contribution is 0.0900. The van der Waals surface area contributed by atoms with Crippen molar-refractivity contribution in [1.29, 1.82) is 0 Å². The molecule has 27 heavy (non-hydrogen) atoms. The van der Waals surface area contributed by atoms with E-state index in [2.05, 4.69) is 54.0 Å².